The first kappa shape index (κ1) is 24.1. The van der Waals surface area contributed by atoms with Gasteiger partial charge in [0.1, 0.15) is 0 Å². The van der Waals surface area contributed by atoms with Crippen molar-refractivity contribution >= 4 is 25.0 Å². The van der Waals surface area contributed by atoms with Gasteiger partial charge in [0.25, 0.3) is 0 Å². The summed E-state index contributed by atoms with van der Waals surface area (Å²) in [4.78, 5) is 10.1. The summed E-state index contributed by atoms with van der Waals surface area (Å²) in [6.07, 6.45) is 18.6. The van der Waals surface area contributed by atoms with Crippen molar-refractivity contribution in [1.82, 2.24) is 0 Å². The quantitative estimate of drug-likeness (QED) is 0.219. The molecule has 0 rings (SSSR count). The molecule has 0 aromatic heterocycles. The second-order valence-electron chi connectivity index (χ2n) is 6.06. The van der Waals surface area contributed by atoms with Crippen molar-refractivity contribution in [2.45, 2.75) is 103 Å². The Hall–Kier alpha value is -0.133. The van der Waals surface area contributed by atoms with E-state index in [1.165, 1.54) is 83.5 Å². The average Bonchev–Trinajstić information content (AvgIpc) is 2.46. The van der Waals surface area contributed by atoms with Gasteiger partial charge in [-0.2, -0.15) is 0 Å². The zero-order chi connectivity index (χ0) is 15.6. The van der Waals surface area contributed by atoms with Gasteiger partial charge >= 0.3 is 25.0 Å². The van der Waals surface area contributed by atoms with Crippen molar-refractivity contribution in [3.8, 4) is 0 Å². The first-order chi connectivity index (χ1) is 10.3. The predicted octanol–water partition coefficient (Wildman–Crippen LogP) is 5.90. The Morgan fingerprint density at radius 1 is 0.682 bits per heavy atom. The molecule has 22 heavy (non-hydrogen) atoms. The van der Waals surface area contributed by atoms with Crippen LogP contribution in [0, 0.1) is 0 Å². The Bertz CT molecular complexity index is 222. The van der Waals surface area contributed by atoms with Crippen LogP contribution in [0.15, 0.2) is 0 Å². The Morgan fingerprint density at radius 2 is 1.00 bits per heavy atom. The van der Waals surface area contributed by atoms with Gasteiger partial charge in [-0.3, -0.25) is 0 Å². The second kappa shape index (κ2) is 20.9. The van der Waals surface area contributed by atoms with Gasteiger partial charge in [0, 0.05) is 0 Å². The predicted molar refractivity (Wildman–Crippen MR) is 96.1 cm³/mol. The van der Waals surface area contributed by atoms with E-state index in [1.807, 2.05) is 0 Å². The number of carbonyl (C=O) groups is 1. The van der Waals surface area contributed by atoms with Crippen LogP contribution in [0.1, 0.15) is 103 Å². The van der Waals surface area contributed by atoms with E-state index in [9.17, 15) is 4.79 Å². The first-order valence-corrected chi connectivity index (χ1v) is 9.13. The standard InChI is InChI=1S/C18H36O3.Li.H/c1-2-3-4-5-6-7-8-9-10-11-12-13-14-15-16-17-21-18(19)20;;/h2-17H2,1H3,(H,19,20);;. The molecule has 0 saturated heterocycles. The van der Waals surface area contributed by atoms with Gasteiger partial charge in [0.05, 0.1) is 6.61 Å². The molecular formula is C18H37LiO3. The average molecular weight is 308 g/mol. The summed E-state index contributed by atoms with van der Waals surface area (Å²) in [7, 11) is 0. The van der Waals surface area contributed by atoms with E-state index < -0.39 is 6.16 Å². The summed E-state index contributed by atoms with van der Waals surface area (Å²) >= 11 is 0. The molecule has 1 N–H and O–H groups in total. The molecule has 0 aliphatic rings. The molecule has 0 aliphatic heterocycles. The van der Waals surface area contributed by atoms with Crippen LogP contribution in [0.4, 0.5) is 4.79 Å². The van der Waals surface area contributed by atoms with Crippen molar-refractivity contribution in [1.29, 1.82) is 0 Å². The van der Waals surface area contributed by atoms with Gasteiger partial charge < -0.3 is 9.84 Å². The molecule has 0 bridgehead atoms. The van der Waals surface area contributed by atoms with Gasteiger partial charge in [0.2, 0.25) is 0 Å². The normalized spacial score (nSPS) is 10.2. The summed E-state index contributed by atoms with van der Waals surface area (Å²) in [6.45, 7) is 2.62. The Kier molecular flexibility index (Phi) is 22.9. The minimum atomic E-state index is -1.15. The van der Waals surface area contributed by atoms with Crippen molar-refractivity contribution in [2.24, 2.45) is 0 Å². The van der Waals surface area contributed by atoms with Crippen molar-refractivity contribution in [3.63, 3.8) is 0 Å². The maximum atomic E-state index is 10.1. The van der Waals surface area contributed by atoms with E-state index in [-0.39, 0.29) is 18.9 Å². The third kappa shape index (κ3) is 22.2. The molecule has 0 heterocycles. The van der Waals surface area contributed by atoms with Crippen LogP contribution in [0.3, 0.4) is 0 Å². The molecule has 0 aliphatic carbocycles. The van der Waals surface area contributed by atoms with Gasteiger partial charge in [-0.1, -0.05) is 96.8 Å². The van der Waals surface area contributed by atoms with E-state index in [2.05, 4.69) is 11.7 Å². The van der Waals surface area contributed by atoms with Gasteiger partial charge in [-0.05, 0) is 6.42 Å². The third-order valence-corrected chi connectivity index (χ3v) is 3.97. The molecule has 3 nitrogen and oxygen atoms in total. The van der Waals surface area contributed by atoms with Crippen molar-refractivity contribution in [2.75, 3.05) is 6.61 Å². The van der Waals surface area contributed by atoms with Crippen LogP contribution in [-0.4, -0.2) is 36.7 Å². The van der Waals surface area contributed by atoms with Crippen molar-refractivity contribution < 1.29 is 14.6 Å². The molecule has 0 spiro atoms. The molecule has 0 atom stereocenters. The van der Waals surface area contributed by atoms with E-state index in [4.69, 9.17) is 5.11 Å². The van der Waals surface area contributed by atoms with E-state index >= 15 is 0 Å². The zero-order valence-corrected chi connectivity index (χ0v) is 14.1. The van der Waals surface area contributed by atoms with Crippen LogP contribution in [-0.2, 0) is 4.74 Å². The fourth-order valence-electron chi connectivity index (χ4n) is 2.63. The van der Waals surface area contributed by atoms with Crippen molar-refractivity contribution in [3.05, 3.63) is 0 Å². The van der Waals surface area contributed by atoms with Crippen LogP contribution >= 0.6 is 0 Å². The third-order valence-electron chi connectivity index (χ3n) is 3.97. The summed E-state index contributed by atoms with van der Waals surface area (Å²) in [5.74, 6) is 0. The van der Waals surface area contributed by atoms with Crippen LogP contribution in [0.2, 0.25) is 0 Å². The molecule has 0 unspecified atom stereocenters. The van der Waals surface area contributed by atoms with E-state index in [0.29, 0.717) is 6.61 Å². The number of carboxylic acid groups (broad SMARTS) is 1. The molecule has 128 valence electrons. The molecule has 0 radical (unpaired) electrons. The second-order valence-corrected chi connectivity index (χ2v) is 6.06. The van der Waals surface area contributed by atoms with Gasteiger partial charge in [-0.15, -0.1) is 0 Å². The molecule has 0 saturated carbocycles. The van der Waals surface area contributed by atoms with E-state index in [0.717, 1.165) is 12.8 Å². The molecule has 0 aromatic carbocycles. The number of unbranched alkanes of at least 4 members (excludes halogenated alkanes) is 14. The first-order valence-electron chi connectivity index (χ1n) is 9.13. The number of rotatable bonds is 16. The van der Waals surface area contributed by atoms with Crippen LogP contribution in [0.25, 0.3) is 0 Å². The fraction of sp³-hybridized carbons (Fsp3) is 0.944. The fourth-order valence-corrected chi connectivity index (χ4v) is 2.63. The van der Waals surface area contributed by atoms with Gasteiger partial charge in [0.15, 0.2) is 0 Å². The number of ether oxygens (including phenoxy) is 1. The summed E-state index contributed by atoms with van der Waals surface area (Å²) in [5.41, 5.74) is 0. The molecular weight excluding hydrogens is 271 g/mol. The topological polar surface area (TPSA) is 46.5 Å². The number of hydrogen-bond donors (Lipinski definition) is 1. The Morgan fingerprint density at radius 3 is 1.32 bits per heavy atom. The summed E-state index contributed by atoms with van der Waals surface area (Å²) < 4.78 is 4.47. The number of hydrogen-bond acceptors (Lipinski definition) is 2. The molecule has 0 amide bonds. The van der Waals surface area contributed by atoms with Crippen LogP contribution in [0.5, 0.6) is 0 Å². The monoisotopic (exact) mass is 308 g/mol. The zero-order valence-electron chi connectivity index (χ0n) is 14.1. The Balaban J connectivity index is 0. The minimum absolute atomic E-state index is 0. The van der Waals surface area contributed by atoms with Gasteiger partial charge in [-0.25, -0.2) is 4.79 Å². The van der Waals surface area contributed by atoms with Crippen LogP contribution < -0.4 is 0 Å². The summed E-state index contributed by atoms with van der Waals surface area (Å²) in [5, 5.41) is 8.31. The molecule has 0 fully saturated rings. The maximum absolute atomic E-state index is 10.1. The molecule has 4 heteroatoms. The summed E-state index contributed by atoms with van der Waals surface area (Å²) in [6, 6.07) is 0. The Labute approximate surface area is 149 Å². The molecule has 0 aromatic rings. The van der Waals surface area contributed by atoms with E-state index in [1.54, 1.807) is 0 Å². The SMILES string of the molecule is CCCCCCCCCCCCCCCCCOC(=O)O.[LiH].